The van der Waals surface area contributed by atoms with Crippen LogP contribution in [0, 0.1) is 19.8 Å². The molecule has 1 atom stereocenters. The van der Waals surface area contributed by atoms with Gasteiger partial charge in [-0.3, -0.25) is 9.59 Å². The van der Waals surface area contributed by atoms with E-state index < -0.39 is 0 Å². The standard InChI is InChI=1S/C25H28N6O2/c1-16-5-11-21(12-6-16)31-15-18(14-23(31)32)24(33)27-19-7-9-20(10-8-19)28-25-26-17(2)13-22(29-25)30(3)4/h5-13,18H,14-15H2,1-4H3,(H,27,33)(H,26,28,29)/t18-/m0/s1. The second-order valence-electron chi connectivity index (χ2n) is 8.52. The second kappa shape index (κ2) is 9.28. The Kier molecular flexibility index (Phi) is 6.26. The van der Waals surface area contributed by atoms with Crippen molar-refractivity contribution in [2.45, 2.75) is 20.3 Å². The molecule has 8 nitrogen and oxygen atoms in total. The SMILES string of the molecule is Cc1ccc(N2C[C@@H](C(=O)Nc3ccc(Nc4nc(C)cc(N(C)C)n4)cc3)CC2=O)cc1. The Morgan fingerprint density at radius 3 is 2.33 bits per heavy atom. The molecule has 0 saturated carbocycles. The molecule has 1 fully saturated rings. The molecule has 4 rings (SSSR count). The lowest BCUT2D eigenvalue weighted by Gasteiger charge is -2.17. The zero-order valence-electron chi connectivity index (χ0n) is 19.3. The molecule has 2 heterocycles. The van der Waals surface area contributed by atoms with Gasteiger partial charge in [-0.15, -0.1) is 0 Å². The highest BCUT2D eigenvalue weighted by molar-refractivity contribution is 6.03. The first-order valence-electron chi connectivity index (χ1n) is 10.9. The van der Waals surface area contributed by atoms with Gasteiger partial charge in [0.2, 0.25) is 17.8 Å². The highest BCUT2D eigenvalue weighted by Crippen LogP contribution is 2.27. The van der Waals surface area contributed by atoms with Crippen molar-refractivity contribution in [1.29, 1.82) is 0 Å². The van der Waals surface area contributed by atoms with Crippen LogP contribution in [-0.2, 0) is 9.59 Å². The van der Waals surface area contributed by atoms with E-state index in [2.05, 4.69) is 20.6 Å². The number of nitrogens with one attached hydrogen (secondary N) is 2. The molecule has 1 aliphatic rings. The maximum Gasteiger partial charge on any atom is 0.229 e. The number of anilines is 5. The van der Waals surface area contributed by atoms with Gasteiger partial charge in [-0.25, -0.2) is 4.98 Å². The van der Waals surface area contributed by atoms with E-state index in [9.17, 15) is 9.59 Å². The van der Waals surface area contributed by atoms with Crippen LogP contribution >= 0.6 is 0 Å². The maximum absolute atomic E-state index is 12.8. The second-order valence-corrected chi connectivity index (χ2v) is 8.52. The Hall–Kier alpha value is -3.94. The minimum absolute atomic E-state index is 0.0335. The first-order valence-corrected chi connectivity index (χ1v) is 10.9. The summed E-state index contributed by atoms with van der Waals surface area (Å²) in [5.74, 6) is 0.752. The zero-order chi connectivity index (χ0) is 23.5. The lowest BCUT2D eigenvalue weighted by molar-refractivity contribution is -0.122. The normalized spacial score (nSPS) is 15.5. The predicted molar refractivity (Wildman–Crippen MR) is 131 cm³/mol. The quantitative estimate of drug-likeness (QED) is 0.599. The lowest BCUT2D eigenvalue weighted by atomic mass is 10.1. The van der Waals surface area contributed by atoms with E-state index in [1.807, 2.05) is 87.4 Å². The van der Waals surface area contributed by atoms with Crippen LogP contribution in [0.5, 0.6) is 0 Å². The molecular formula is C25H28N6O2. The molecule has 1 aromatic heterocycles. The molecule has 1 saturated heterocycles. The smallest absolute Gasteiger partial charge is 0.229 e. The van der Waals surface area contributed by atoms with E-state index >= 15 is 0 Å². The van der Waals surface area contributed by atoms with Gasteiger partial charge in [0.25, 0.3) is 0 Å². The molecule has 2 aromatic carbocycles. The Labute approximate surface area is 193 Å². The number of carbonyl (C=O) groups excluding carboxylic acids is 2. The molecule has 0 spiro atoms. The summed E-state index contributed by atoms with van der Waals surface area (Å²) in [4.78, 5) is 37.8. The molecule has 2 amide bonds. The van der Waals surface area contributed by atoms with Gasteiger partial charge in [-0.1, -0.05) is 17.7 Å². The summed E-state index contributed by atoms with van der Waals surface area (Å²) in [5.41, 5.74) is 4.30. The van der Waals surface area contributed by atoms with Crippen LogP contribution < -0.4 is 20.4 Å². The first-order chi connectivity index (χ1) is 15.8. The predicted octanol–water partition coefficient (Wildman–Crippen LogP) is 3.89. The number of rotatable bonds is 6. The van der Waals surface area contributed by atoms with Crippen LogP contribution in [0.15, 0.2) is 54.6 Å². The fourth-order valence-corrected chi connectivity index (χ4v) is 3.70. The Morgan fingerprint density at radius 2 is 1.67 bits per heavy atom. The van der Waals surface area contributed by atoms with Crippen LogP contribution in [0.1, 0.15) is 17.7 Å². The zero-order valence-corrected chi connectivity index (χ0v) is 19.3. The summed E-state index contributed by atoms with van der Waals surface area (Å²) in [6.07, 6.45) is 0.207. The molecule has 0 unspecified atom stereocenters. The van der Waals surface area contributed by atoms with Crippen LogP contribution in [0.4, 0.5) is 28.8 Å². The van der Waals surface area contributed by atoms with Gasteiger partial charge in [-0.05, 0) is 50.2 Å². The summed E-state index contributed by atoms with van der Waals surface area (Å²) in [6, 6.07) is 17.0. The van der Waals surface area contributed by atoms with Gasteiger partial charge in [-0.2, -0.15) is 4.98 Å². The van der Waals surface area contributed by atoms with E-state index in [-0.39, 0.29) is 24.2 Å². The van der Waals surface area contributed by atoms with Crippen molar-refractivity contribution in [3.63, 3.8) is 0 Å². The van der Waals surface area contributed by atoms with Gasteiger partial charge < -0.3 is 20.4 Å². The third kappa shape index (κ3) is 5.28. The van der Waals surface area contributed by atoms with Crippen molar-refractivity contribution >= 4 is 40.6 Å². The summed E-state index contributed by atoms with van der Waals surface area (Å²) in [6.45, 7) is 4.31. The Balaban J connectivity index is 1.38. The van der Waals surface area contributed by atoms with Gasteiger partial charge in [0, 0.05) is 55.9 Å². The highest BCUT2D eigenvalue weighted by atomic mass is 16.2. The van der Waals surface area contributed by atoms with Gasteiger partial charge in [0.05, 0.1) is 5.92 Å². The van der Waals surface area contributed by atoms with E-state index in [0.29, 0.717) is 18.2 Å². The summed E-state index contributed by atoms with van der Waals surface area (Å²) >= 11 is 0. The van der Waals surface area contributed by atoms with E-state index in [0.717, 1.165) is 28.5 Å². The topological polar surface area (TPSA) is 90.5 Å². The maximum atomic E-state index is 12.8. The molecule has 3 aromatic rings. The fraction of sp³-hybridized carbons (Fsp3) is 0.280. The molecule has 0 bridgehead atoms. The van der Waals surface area contributed by atoms with Crippen LogP contribution in [-0.4, -0.2) is 42.4 Å². The third-order valence-corrected chi connectivity index (χ3v) is 5.55. The van der Waals surface area contributed by atoms with E-state index in [1.54, 1.807) is 4.90 Å². The van der Waals surface area contributed by atoms with Crippen molar-refractivity contribution in [3.05, 3.63) is 65.9 Å². The molecule has 2 N–H and O–H groups in total. The van der Waals surface area contributed by atoms with Gasteiger partial charge in [0.1, 0.15) is 5.82 Å². The van der Waals surface area contributed by atoms with Crippen molar-refractivity contribution in [3.8, 4) is 0 Å². The minimum atomic E-state index is -0.387. The molecule has 1 aliphatic heterocycles. The van der Waals surface area contributed by atoms with Crippen molar-refractivity contribution in [1.82, 2.24) is 9.97 Å². The summed E-state index contributed by atoms with van der Waals surface area (Å²) in [5, 5.41) is 6.12. The summed E-state index contributed by atoms with van der Waals surface area (Å²) in [7, 11) is 3.86. The van der Waals surface area contributed by atoms with Gasteiger partial charge >= 0.3 is 0 Å². The molecule has 8 heteroatoms. The number of hydrogen-bond acceptors (Lipinski definition) is 6. The monoisotopic (exact) mass is 444 g/mol. The van der Waals surface area contributed by atoms with Crippen LogP contribution in [0.3, 0.4) is 0 Å². The number of aromatic nitrogens is 2. The van der Waals surface area contributed by atoms with E-state index in [1.165, 1.54) is 0 Å². The Bertz CT molecular complexity index is 1160. The molecule has 0 radical (unpaired) electrons. The number of amides is 2. The largest absolute Gasteiger partial charge is 0.363 e. The molecule has 0 aliphatic carbocycles. The third-order valence-electron chi connectivity index (χ3n) is 5.55. The fourth-order valence-electron chi connectivity index (χ4n) is 3.70. The Morgan fingerprint density at radius 1 is 1.00 bits per heavy atom. The molecule has 33 heavy (non-hydrogen) atoms. The molecular weight excluding hydrogens is 416 g/mol. The minimum Gasteiger partial charge on any atom is -0.363 e. The highest BCUT2D eigenvalue weighted by Gasteiger charge is 2.35. The number of carbonyl (C=O) groups is 2. The van der Waals surface area contributed by atoms with E-state index in [4.69, 9.17) is 0 Å². The number of benzene rings is 2. The van der Waals surface area contributed by atoms with Gasteiger partial charge in [0.15, 0.2) is 0 Å². The molecule has 170 valence electrons. The summed E-state index contributed by atoms with van der Waals surface area (Å²) < 4.78 is 0. The van der Waals surface area contributed by atoms with Crippen molar-refractivity contribution in [2.75, 3.05) is 41.1 Å². The lowest BCUT2D eigenvalue weighted by Crippen LogP contribution is -2.28. The van der Waals surface area contributed by atoms with Crippen LogP contribution in [0.2, 0.25) is 0 Å². The number of nitrogens with zero attached hydrogens (tertiary/aromatic N) is 4. The number of hydrogen-bond donors (Lipinski definition) is 2. The average Bonchev–Trinajstić information content (AvgIpc) is 3.17. The first kappa shape index (κ1) is 22.3. The average molecular weight is 445 g/mol. The van der Waals surface area contributed by atoms with Crippen molar-refractivity contribution < 1.29 is 9.59 Å². The number of aryl methyl sites for hydroxylation is 2. The van der Waals surface area contributed by atoms with Crippen LogP contribution in [0.25, 0.3) is 0 Å². The van der Waals surface area contributed by atoms with Crippen molar-refractivity contribution in [2.24, 2.45) is 5.92 Å².